The normalized spacial score (nSPS) is 20.5. The summed E-state index contributed by atoms with van der Waals surface area (Å²) in [4.78, 5) is 34.3. The standard InChI is InChI=1S/C26H29N3O5/c1-2-16-34-20-9-7-19(8-10-20)24(30)22-23(21-6-3-4-11-27-21)29(26(32)25(22)31)13-5-12-28-14-17-33-18-15-28/h2-4,6-11,23,30H,1,5,12-18H2. The van der Waals surface area contributed by atoms with Crippen molar-refractivity contribution in [3.8, 4) is 5.75 Å². The fourth-order valence-corrected chi connectivity index (χ4v) is 4.26. The average Bonchev–Trinajstić information content (AvgIpc) is 3.13. The number of benzene rings is 1. The zero-order valence-corrected chi connectivity index (χ0v) is 19.1. The Labute approximate surface area is 199 Å². The van der Waals surface area contributed by atoms with E-state index in [-0.39, 0.29) is 11.3 Å². The van der Waals surface area contributed by atoms with Crippen LogP contribution in [0.4, 0.5) is 0 Å². The lowest BCUT2D eigenvalue weighted by atomic mass is 9.98. The van der Waals surface area contributed by atoms with Gasteiger partial charge in [0.2, 0.25) is 0 Å². The molecule has 1 N–H and O–H groups in total. The second-order valence-corrected chi connectivity index (χ2v) is 8.18. The number of aliphatic hydroxyl groups is 1. The van der Waals surface area contributed by atoms with Gasteiger partial charge in [-0.1, -0.05) is 18.7 Å². The molecule has 1 amide bonds. The van der Waals surface area contributed by atoms with Crippen molar-refractivity contribution >= 4 is 17.4 Å². The van der Waals surface area contributed by atoms with E-state index in [1.807, 2.05) is 6.07 Å². The number of ketones is 1. The zero-order valence-electron chi connectivity index (χ0n) is 19.1. The SMILES string of the molecule is C=CCOc1ccc(C(O)=C2C(=O)C(=O)N(CCCN3CCOCC3)C2c2ccccn2)cc1. The van der Waals surface area contributed by atoms with E-state index in [9.17, 15) is 14.7 Å². The third-order valence-electron chi connectivity index (χ3n) is 5.98. The number of rotatable bonds is 9. The van der Waals surface area contributed by atoms with Crippen LogP contribution in [0.5, 0.6) is 5.75 Å². The van der Waals surface area contributed by atoms with Crippen LogP contribution < -0.4 is 4.74 Å². The molecule has 1 aromatic heterocycles. The van der Waals surface area contributed by atoms with Gasteiger partial charge < -0.3 is 19.5 Å². The average molecular weight is 464 g/mol. The molecule has 0 bridgehead atoms. The maximum absolute atomic E-state index is 13.1. The number of amides is 1. The summed E-state index contributed by atoms with van der Waals surface area (Å²) in [6, 6.07) is 11.3. The predicted molar refractivity (Wildman–Crippen MR) is 127 cm³/mol. The van der Waals surface area contributed by atoms with Crippen molar-refractivity contribution in [3.63, 3.8) is 0 Å². The van der Waals surface area contributed by atoms with Crippen LogP contribution in [0.3, 0.4) is 0 Å². The first kappa shape index (κ1) is 23.7. The van der Waals surface area contributed by atoms with Crippen molar-refractivity contribution in [2.75, 3.05) is 46.0 Å². The Kier molecular flexibility index (Phi) is 7.72. The molecule has 0 radical (unpaired) electrons. The molecule has 3 heterocycles. The molecule has 2 aromatic rings. The summed E-state index contributed by atoms with van der Waals surface area (Å²) in [5.41, 5.74) is 1.02. The molecule has 178 valence electrons. The predicted octanol–water partition coefficient (Wildman–Crippen LogP) is 2.79. The Bertz CT molecular complexity index is 1050. The van der Waals surface area contributed by atoms with E-state index >= 15 is 0 Å². The summed E-state index contributed by atoms with van der Waals surface area (Å²) in [7, 11) is 0. The van der Waals surface area contributed by atoms with Crippen LogP contribution >= 0.6 is 0 Å². The second-order valence-electron chi connectivity index (χ2n) is 8.18. The highest BCUT2D eigenvalue weighted by atomic mass is 16.5. The van der Waals surface area contributed by atoms with Gasteiger partial charge in [-0.3, -0.25) is 19.5 Å². The minimum Gasteiger partial charge on any atom is -0.507 e. The van der Waals surface area contributed by atoms with Crippen molar-refractivity contribution in [3.05, 3.63) is 78.1 Å². The molecule has 1 aromatic carbocycles. The minimum absolute atomic E-state index is 0.0508. The number of aromatic nitrogens is 1. The molecule has 2 fully saturated rings. The largest absolute Gasteiger partial charge is 0.507 e. The monoisotopic (exact) mass is 463 g/mol. The Morgan fingerprint density at radius 2 is 1.91 bits per heavy atom. The quantitative estimate of drug-likeness (QED) is 0.265. The summed E-state index contributed by atoms with van der Waals surface area (Å²) >= 11 is 0. The van der Waals surface area contributed by atoms with E-state index in [0.29, 0.717) is 49.8 Å². The highest BCUT2D eigenvalue weighted by molar-refractivity contribution is 6.46. The molecule has 8 heteroatoms. The van der Waals surface area contributed by atoms with Crippen molar-refractivity contribution in [2.45, 2.75) is 12.5 Å². The maximum Gasteiger partial charge on any atom is 0.295 e. The zero-order chi connectivity index (χ0) is 23.9. The van der Waals surface area contributed by atoms with E-state index in [2.05, 4.69) is 16.5 Å². The Morgan fingerprint density at radius 1 is 1.15 bits per heavy atom. The lowest BCUT2D eigenvalue weighted by Crippen LogP contribution is -2.39. The lowest BCUT2D eigenvalue weighted by molar-refractivity contribution is -0.140. The number of morpholine rings is 1. The number of Topliss-reactive ketones (excluding diaryl/α,β-unsaturated/α-hetero) is 1. The highest BCUT2D eigenvalue weighted by Crippen LogP contribution is 2.38. The molecular weight excluding hydrogens is 434 g/mol. The van der Waals surface area contributed by atoms with Gasteiger partial charge in [-0.25, -0.2) is 0 Å². The molecular formula is C26H29N3O5. The summed E-state index contributed by atoms with van der Waals surface area (Å²) in [5, 5.41) is 11.1. The van der Waals surface area contributed by atoms with Gasteiger partial charge in [0.25, 0.3) is 11.7 Å². The molecule has 8 nitrogen and oxygen atoms in total. The number of aliphatic hydroxyl groups excluding tert-OH is 1. The van der Waals surface area contributed by atoms with Crippen molar-refractivity contribution in [1.82, 2.24) is 14.8 Å². The lowest BCUT2D eigenvalue weighted by Gasteiger charge is -2.28. The number of pyridine rings is 1. The van der Waals surface area contributed by atoms with Crippen molar-refractivity contribution in [2.24, 2.45) is 0 Å². The van der Waals surface area contributed by atoms with Gasteiger partial charge in [0.15, 0.2) is 0 Å². The van der Waals surface area contributed by atoms with Gasteiger partial charge in [0.1, 0.15) is 24.2 Å². The summed E-state index contributed by atoms with van der Waals surface area (Å²) in [5.74, 6) is -0.933. The van der Waals surface area contributed by atoms with Crippen LogP contribution in [0.2, 0.25) is 0 Å². The number of hydrogen-bond donors (Lipinski definition) is 1. The molecule has 0 saturated carbocycles. The Morgan fingerprint density at radius 3 is 2.59 bits per heavy atom. The number of nitrogens with zero attached hydrogens (tertiary/aromatic N) is 3. The third-order valence-corrected chi connectivity index (χ3v) is 5.98. The molecule has 34 heavy (non-hydrogen) atoms. The van der Waals surface area contributed by atoms with E-state index in [1.54, 1.807) is 48.7 Å². The maximum atomic E-state index is 13.1. The fourth-order valence-electron chi connectivity index (χ4n) is 4.26. The first-order valence-electron chi connectivity index (χ1n) is 11.4. The van der Waals surface area contributed by atoms with Gasteiger partial charge in [0, 0.05) is 37.9 Å². The van der Waals surface area contributed by atoms with Gasteiger partial charge in [-0.15, -0.1) is 0 Å². The Balaban J connectivity index is 1.61. The molecule has 4 rings (SSSR count). The smallest absolute Gasteiger partial charge is 0.295 e. The summed E-state index contributed by atoms with van der Waals surface area (Å²) < 4.78 is 10.9. The minimum atomic E-state index is -0.748. The topological polar surface area (TPSA) is 92.2 Å². The fraction of sp³-hybridized carbons (Fsp3) is 0.346. The van der Waals surface area contributed by atoms with Crippen LogP contribution in [0, 0.1) is 0 Å². The van der Waals surface area contributed by atoms with E-state index < -0.39 is 17.7 Å². The van der Waals surface area contributed by atoms with Gasteiger partial charge in [-0.2, -0.15) is 0 Å². The molecule has 2 saturated heterocycles. The number of likely N-dealkylation sites (tertiary alicyclic amines) is 1. The number of hydrogen-bond acceptors (Lipinski definition) is 7. The van der Waals surface area contributed by atoms with E-state index in [4.69, 9.17) is 9.47 Å². The molecule has 1 atom stereocenters. The third kappa shape index (κ3) is 5.18. The van der Waals surface area contributed by atoms with Crippen LogP contribution in [0.25, 0.3) is 5.76 Å². The van der Waals surface area contributed by atoms with Crippen molar-refractivity contribution in [1.29, 1.82) is 0 Å². The van der Waals surface area contributed by atoms with Crippen LogP contribution in [0.1, 0.15) is 23.7 Å². The number of ether oxygens (including phenoxy) is 2. The van der Waals surface area contributed by atoms with Gasteiger partial charge in [-0.05, 0) is 42.8 Å². The molecule has 0 aliphatic carbocycles. The van der Waals surface area contributed by atoms with Gasteiger partial charge in [0.05, 0.1) is 24.5 Å². The Hall–Kier alpha value is -3.49. The molecule has 1 unspecified atom stereocenters. The van der Waals surface area contributed by atoms with Crippen LogP contribution in [-0.4, -0.2) is 77.6 Å². The van der Waals surface area contributed by atoms with Crippen LogP contribution in [-0.2, 0) is 14.3 Å². The summed E-state index contributed by atoms with van der Waals surface area (Å²) in [6.45, 7) is 8.29. The van der Waals surface area contributed by atoms with Crippen molar-refractivity contribution < 1.29 is 24.2 Å². The first-order chi connectivity index (χ1) is 16.6. The molecule has 2 aliphatic rings. The number of carbonyl (C=O) groups excluding carboxylic acids is 2. The van der Waals surface area contributed by atoms with Crippen LogP contribution in [0.15, 0.2) is 66.9 Å². The summed E-state index contributed by atoms with van der Waals surface area (Å²) in [6.07, 6.45) is 3.96. The second kappa shape index (κ2) is 11.1. The molecule has 2 aliphatic heterocycles. The number of carbonyl (C=O) groups is 2. The van der Waals surface area contributed by atoms with Gasteiger partial charge >= 0.3 is 0 Å². The van der Waals surface area contributed by atoms with E-state index in [0.717, 1.165) is 19.6 Å². The first-order valence-corrected chi connectivity index (χ1v) is 11.4. The van der Waals surface area contributed by atoms with E-state index in [1.165, 1.54) is 4.90 Å². The highest BCUT2D eigenvalue weighted by Gasteiger charge is 2.46. The molecule has 0 spiro atoms.